The van der Waals surface area contributed by atoms with Crippen molar-refractivity contribution in [1.29, 1.82) is 0 Å². The molecule has 144 valence electrons. The third kappa shape index (κ3) is 5.90. The molecular weight excluding hydrogens is 366 g/mol. The second-order valence-electron chi connectivity index (χ2n) is 5.99. The van der Waals surface area contributed by atoms with E-state index in [0.29, 0.717) is 12.1 Å². The van der Waals surface area contributed by atoms with Crippen LogP contribution in [-0.4, -0.2) is 45.8 Å². The number of rotatable bonds is 8. The number of nitrogens with zero attached hydrogens (tertiary/aromatic N) is 1. The predicted octanol–water partition coefficient (Wildman–Crippen LogP) is 1.37. The molecule has 8 heteroatoms. The normalized spacial score (nSPS) is 11.0. The molecule has 0 heterocycles. The molecular formula is C19H23N3O4S. The maximum absolute atomic E-state index is 12.2. The van der Waals surface area contributed by atoms with Gasteiger partial charge in [-0.05, 0) is 29.8 Å². The number of amides is 2. The quantitative estimate of drug-likeness (QED) is 0.713. The van der Waals surface area contributed by atoms with E-state index in [0.717, 1.165) is 5.56 Å². The monoisotopic (exact) mass is 389 g/mol. The number of hydrogen-bond donors (Lipinski definition) is 2. The Morgan fingerprint density at radius 2 is 1.63 bits per heavy atom. The molecule has 0 saturated carbocycles. The Morgan fingerprint density at radius 1 is 1.00 bits per heavy atom. The molecule has 0 radical (unpaired) electrons. The fraction of sp³-hybridized carbons (Fsp3) is 0.263. The number of hydrogen-bond acceptors (Lipinski definition) is 4. The summed E-state index contributed by atoms with van der Waals surface area (Å²) in [5.74, 6) is -0.349. The van der Waals surface area contributed by atoms with E-state index in [1.54, 1.807) is 56.6 Å². The summed E-state index contributed by atoms with van der Waals surface area (Å²) in [5.41, 5.74) is 1.42. The molecule has 0 saturated heterocycles. The maximum Gasteiger partial charge on any atom is 0.251 e. The van der Waals surface area contributed by atoms with Gasteiger partial charge in [0, 0.05) is 39.2 Å². The summed E-state index contributed by atoms with van der Waals surface area (Å²) in [7, 11) is -0.397. The lowest BCUT2D eigenvalue weighted by Gasteiger charge is -2.17. The zero-order chi connectivity index (χ0) is 19.9. The van der Waals surface area contributed by atoms with Gasteiger partial charge in [0.1, 0.15) is 0 Å². The van der Waals surface area contributed by atoms with Gasteiger partial charge in [-0.3, -0.25) is 9.59 Å². The topological polar surface area (TPSA) is 95.6 Å². The molecule has 2 aromatic carbocycles. The average Bonchev–Trinajstić information content (AvgIpc) is 2.68. The molecule has 2 aromatic rings. The average molecular weight is 389 g/mol. The lowest BCUT2D eigenvalue weighted by atomic mass is 10.1. The molecule has 0 aromatic heterocycles. The van der Waals surface area contributed by atoms with E-state index >= 15 is 0 Å². The first-order valence-corrected chi connectivity index (χ1v) is 9.91. The number of sulfonamides is 1. The van der Waals surface area contributed by atoms with Crippen molar-refractivity contribution in [2.24, 2.45) is 0 Å². The van der Waals surface area contributed by atoms with Gasteiger partial charge in [0.2, 0.25) is 15.9 Å². The van der Waals surface area contributed by atoms with Crippen molar-refractivity contribution in [1.82, 2.24) is 14.9 Å². The first kappa shape index (κ1) is 20.6. The molecule has 0 aliphatic heterocycles. The summed E-state index contributed by atoms with van der Waals surface area (Å²) >= 11 is 0. The largest absolute Gasteiger partial charge is 0.355 e. The number of carbonyl (C=O) groups excluding carboxylic acids is 2. The van der Waals surface area contributed by atoms with Crippen LogP contribution in [0.4, 0.5) is 0 Å². The second kappa shape index (κ2) is 9.29. The Labute approximate surface area is 159 Å². The molecule has 0 aliphatic carbocycles. The van der Waals surface area contributed by atoms with Crippen LogP contribution >= 0.6 is 0 Å². The van der Waals surface area contributed by atoms with Crippen molar-refractivity contribution in [2.75, 3.05) is 20.6 Å². The van der Waals surface area contributed by atoms with Crippen molar-refractivity contribution in [3.05, 3.63) is 65.7 Å². The van der Waals surface area contributed by atoms with Crippen LogP contribution in [0.2, 0.25) is 0 Å². The van der Waals surface area contributed by atoms with Crippen molar-refractivity contribution in [3.8, 4) is 0 Å². The van der Waals surface area contributed by atoms with Crippen molar-refractivity contribution in [3.63, 3.8) is 0 Å². The Hall–Kier alpha value is -2.71. The highest BCUT2D eigenvalue weighted by atomic mass is 32.2. The van der Waals surface area contributed by atoms with Crippen molar-refractivity contribution >= 4 is 21.8 Å². The summed E-state index contributed by atoms with van der Waals surface area (Å²) in [4.78, 5) is 25.4. The van der Waals surface area contributed by atoms with Crippen molar-refractivity contribution in [2.45, 2.75) is 17.9 Å². The minimum absolute atomic E-state index is 0.0238. The van der Waals surface area contributed by atoms with Gasteiger partial charge in [0.05, 0.1) is 4.90 Å². The van der Waals surface area contributed by atoms with E-state index in [-0.39, 0.29) is 29.7 Å². The van der Waals surface area contributed by atoms with Crippen LogP contribution < -0.4 is 10.0 Å². The van der Waals surface area contributed by atoms with Gasteiger partial charge in [-0.25, -0.2) is 13.1 Å². The van der Waals surface area contributed by atoms with Gasteiger partial charge >= 0.3 is 0 Å². The number of nitrogens with one attached hydrogen (secondary N) is 2. The number of carbonyl (C=O) groups is 2. The SMILES string of the molecule is CNC(=O)c1ccc(CN(C)C(=O)CCNS(=O)(=O)c2ccccc2)cc1. The van der Waals surface area contributed by atoms with Gasteiger partial charge in [0.25, 0.3) is 5.91 Å². The highest BCUT2D eigenvalue weighted by molar-refractivity contribution is 7.89. The van der Waals surface area contributed by atoms with Gasteiger partial charge in [0.15, 0.2) is 0 Å². The van der Waals surface area contributed by atoms with Crippen LogP contribution in [-0.2, 0) is 21.4 Å². The molecule has 7 nitrogen and oxygen atoms in total. The van der Waals surface area contributed by atoms with Crippen LogP contribution in [0.3, 0.4) is 0 Å². The molecule has 2 amide bonds. The third-order valence-corrected chi connectivity index (χ3v) is 5.45. The summed E-state index contributed by atoms with van der Waals surface area (Å²) < 4.78 is 26.7. The van der Waals surface area contributed by atoms with Crippen LogP contribution in [0.15, 0.2) is 59.5 Å². The Balaban J connectivity index is 1.84. The number of benzene rings is 2. The fourth-order valence-corrected chi connectivity index (χ4v) is 3.49. The zero-order valence-corrected chi connectivity index (χ0v) is 16.1. The first-order valence-electron chi connectivity index (χ1n) is 8.43. The van der Waals surface area contributed by atoms with Gasteiger partial charge in [-0.2, -0.15) is 0 Å². The Morgan fingerprint density at radius 3 is 2.22 bits per heavy atom. The first-order chi connectivity index (χ1) is 12.8. The smallest absolute Gasteiger partial charge is 0.251 e. The van der Waals surface area contributed by atoms with Crippen molar-refractivity contribution < 1.29 is 18.0 Å². The maximum atomic E-state index is 12.2. The van der Waals surface area contributed by atoms with E-state index in [1.165, 1.54) is 17.0 Å². The lowest BCUT2D eigenvalue weighted by Crippen LogP contribution is -2.32. The molecule has 0 spiro atoms. The van der Waals surface area contributed by atoms with E-state index in [1.807, 2.05) is 0 Å². The standard InChI is InChI=1S/C19H23N3O4S/c1-20-19(24)16-10-8-15(9-11-16)14-22(2)18(23)12-13-21-27(25,26)17-6-4-3-5-7-17/h3-11,21H,12-14H2,1-2H3,(H,20,24). The predicted molar refractivity (Wildman–Crippen MR) is 103 cm³/mol. The van der Waals surface area contributed by atoms with E-state index < -0.39 is 10.0 Å². The van der Waals surface area contributed by atoms with Crippen LogP contribution in [0, 0.1) is 0 Å². The van der Waals surface area contributed by atoms with E-state index in [2.05, 4.69) is 10.0 Å². The van der Waals surface area contributed by atoms with Crippen LogP contribution in [0.5, 0.6) is 0 Å². The second-order valence-corrected chi connectivity index (χ2v) is 7.75. The highest BCUT2D eigenvalue weighted by Crippen LogP contribution is 2.09. The van der Waals surface area contributed by atoms with Gasteiger partial charge in [-0.15, -0.1) is 0 Å². The molecule has 0 fully saturated rings. The molecule has 2 rings (SSSR count). The molecule has 2 N–H and O–H groups in total. The summed E-state index contributed by atoms with van der Waals surface area (Å²) in [6.07, 6.45) is 0.0545. The molecule has 0 atom stereocenters. The zero-order valence-electron chi connectivity index (χ0n) is 15.3. The molecule has 0 aliphatic rings. The minimum Gasteiger partial charge on any atom is -0.355 e. The molecule has 0 unspecified atom stereocenters. The fourth-order valence-electron chi connectivity index (χ4n) is 2.43. The molecule has 27 heavy (non-hydrogen) atoms. The van der Waals surface area contributed by atoms with Gasteiger partial charge < -0.3 is 10.2 Å². The summed E-state index contributed by atoms with van der Waals surface area (Å²) in [6.45, 7) is 0.397. The summed E-state index contributed by atoms with van der Waals surface area (Å²) in [6, 6.07) is 15.0. The van der Waals surface area contributed by atoms with E-state index in [9.17, 15) is 18.0 Å². The highest BCUT2D eigenvalue weighted by Gasteiger charge is 2.15. The van der Waals surface area contributed by atoms with E-state index in [4.69, 9.17) is 0 Å². The molecule has 0 bridgehead atoms. The summed E-state index contributed by atoms with van der Waals surface area (Å²) in [5, 5.41) is 2.55. The Kier molecular flexibility index (Phi) is 7.09. The lowest BCUT2D eigenvalue weighted by molar-refractivity contribution is -0.130. The van der Waals surface area contributed by atoms with Gasteiger partial charge in [-0.1, -0.05) is 30.3 Å². The minimum atomic E-state index is -3.61. The van der Waals surface area contributed by atoms with Crippen LogP contribution in [0.1, 0.15) is 22.3 Å². The Bertz CT molecular complexity index is 881. The van der Waals surface area contributed by atoms with Crippen LogP contribution in [0.25, 0.3) is 0 Å². The third-order valence-electron chi connectivity index (χ3n) is 3.97.